The Labute approximate surface area is 181 Å². The van der Waals surface area contributed by atoms with E-state index in [2.05, 4.69) is 20.3 Å². The number of anilines is 2. The molecule has 4 aromatic rings. The first-order valence-corrected chi connectivity index (χ1v) is 10.1. The molecule has 0 amide bonds. The number of morpholine rings is 1. The van der Waals surface area contributed by atoms with Crippen LogP contribution in [0.2, 0.25) is 0 Å². The quantitative estimate of drug-likeness (QED) is 0.511. The third-order valence-electron chi connectivity index (χ3n) is 5.23. The Morgan fingerprint density at radius 2 is 1.78 bits per heavy atom. The predicted octanol–water partition coefficient (Wildman–Crippen LogP) is 3.68. The highest BCUT2D eigenvalue weighted by atomic mass is 19.1. The highest BCUT2D eigenvalue weighted by molar-refractivity contribution is 5.85. The molecule has 1 aliphatic rings. The lowest BCUT2D eigenvalue weighted by molar-refractivity contribution is 0.122. The molecule has 3 heterocycles. The molecular weight excluding hydrogens is 421 g/mol. The maximum Gasteiger partial charge on any atom is 0.229 e. The number of fused-ring (bicyclic) bond motifs is 1. The van der Waals surface area contributed by atoms with Crippen molar-refractivity contribution < 1.29 is 17.9 Å². The van der Waals surface area contributed by atoms with Gasteiger partial charge in [0.05, 0.1) is 18.9 Å². The Bertz CT molecular complexity index is 1270. The van der Waals surface area contributed by atoms with Crippen LogP contribution in [-0.4, -0.2) is 45.8 Å². The molecule has 1 fully saturated rings. The lowest BCUT2D eigenvalue weighted by atomic mass is 10.2. The van der Waals surface area contributed by atoms with Crippen molar-refractivity contribution in [3.05, 3.63) is 71.8 Å². The SMILES string of the molecule is Fc1cccc(-n2cnc3c(NCc4ccc(F)cc4F)nc(N4CCOCC4)nc32)c1. The summed E-state index contributed by atoms with van der Waals surface area (Å²) < 4.78 is 48.3. The number of nitrogens with one attached hydrogen (secondary N) is 1. The molecular formula is C22H19F3N6O. The van der Waals surface area contributed by atoms with Crippen molar-refractivity contribution in [1.82, 2.24) is 19.5 Å². The van der Waals surface area contributed by atoms with Crippen LogP contribution in [0.25, 0.3) is 16.9 Å². The van der Waals surface area contributed by atoms with Crippen molar-refractivity contribution in [2.75, 3.05) is 36.5 Å². The maximum atomic E-state index is 14.1. The summed E-state index contributed by atoms with van der Waals surface area (Å²) in [5.74, 6) is -0.811. The number of hydrogen-bond donors (Lipinski definition) is 1. The number of benzene rings is 2. The van der Waals surface area contributed by atoms with E-state index in [1.54, 1.807) is 23.0 Å². The van der Waals surface area contributed by atoms with Crippen LogP contribution in [0, 0.1) is 17.5 Å². The van der Waals surface area contributed by atoms with E-state index in [0.29, 0.717) is 54.9 Å². The van der Waals surface area contributed by atoms with Crippen molar-refractivity contribution in [1.29, 1.82) is 0 Å². The van der Waals surface area contributed by atoms with Crippen LogP contribution in [-0.2, 0) is 11.3 Å². The first-order valence-electron chi connectivity index (χ1n) is 10.1. The normalized spacial score (nSPS) is 14.2. The topological polar surface area (TPSA) is 68.1 Å². The monoisotopic (exact) mass is 440 g/mol. The molecule has 1 N–H and O–H groups in total. The van der Waals surface area contributed by atoms with Gasteiger partial charge in [-0.1, -0.05) is 12.1 Å². The summed E-state index contributed by atoms with van der Waals surface area (Å²) in [6.45, 7) is 2.41. The molecule has 32 heavy (non-hydrogen) atoms. The zero-order valence-corrected chi connectivity index (χ0v) is 16.9. The average molecular weight is 440 g/mol. The summed E-state index contributed by atoms with van der Waals surface area (Å²) in [4.78, 5) is 15.7. The molecule has 0 saturated carbocycles. The van der Waals surface area contributed by atoms with Crippen LogP contribution in [0.5, 0.6) is 0 Å². The summed E-state index contributed by atoms with van der Waals surface area (Å²) in [6.07, 6.45) is 1.54. The largest absolute Gasteiger partial charge is 0.378 e. The Hall–Kier alpha value is -3.66. The summed E-state index contributed by atoms with van der Waals surface area (Å²) in [5, 5.41) is 3.10. The van der Waals surface area contributed by atoms with Gasteiger partial charge in [-0.25, -0.2) is 18.2 Å². The second kappa shape index (κ2) is 8.46. The molecule has 0 spiro atoms. The molecule has 0 unspecified atom stereocenters. The number of nitrogens with zero attached hydrogens (tertiary/aromatic N) is 5. The van der Waals surface area contributed by atoms with Gasteiger partial charge in [0.2, 0.25) is 5.95 Å². The van der Waals surface area contributed by atoms with Gasteiger partial charge in [-0.05, 0) is 24.3 Å². The van der Waals surface area contributed by atoms with Crippen LogP contribution < -0.4 is 10.2 Å². The number of aromatic nitrogens is 4. The third-order valence-corrected chi connectivity index (χ3v) is 5.23. The van der Waals surface area contributed by atoms with E-state index in [-0.39, 0.29) is 17.9 Å². The minimum atomic E-state index is -0.651. The molecule has 2 aromatic heterocycles. The number of halogens is 3. The van der Waals surface area contributed by atoms with Gasteiger partial charge >= 0.3 is 0 Å². The lowest BCUT2D eigenvalue weighted by Crippen LogP contribution is -2.37. The van der Waals surface area contributed by atoms with Gasteiger partial charge in [0.1, 0.15) is 23.8 Å². The molecule has 2 aromatic carbocycles. The summed E-state index contributed by atoms with van der Waals surface area (Å²) >= 11 is 0. The minimum Gasteiger partial charge on any atom is -0.378 e. The molecule has 0 atom stereocenters. The highest BCUT2D eigenvalue weighted by Crippen LogP contribution is 2.26. The van der Waals surface area contributed by atoms with E-state index >= 15 is 0 Å². The van der Waals surface area contributed by atoms with E-state index in [9.17, 15) is 13.2 Å². The zero-order chi connectivity index (χ0) is 22.1. The van der Waals surface area contributed by atoms with Crippen LogP contribution in [0.15, 0.2) is 48.8 Å². The molecule has 0 radical (unpaired) electrons. The van der Waals surface area contributed by atoms with Gasteiger partial charge in [0, 0.05) is 31.3 Å². The number of rotatable bonds is 5. The summed E-state index contributed by atoms with van der Waals surface area (Å²) in [6, 6.07) is 9.53. The molecule has 7 nitrogen and oxygen atoms in total. The Balaban J connectivity index is 1.57. The first kappa shape index (κ1) is 20.3. The molecule has 0 bridgehead atoms. The lowest BCUT2D eigenvalue weighted by Gasteiger charge is -2.27. The molecule has 1 aliphatic heterocycles. The molecule has 10 heteroatoms. The third kappa shape index (κ3) is 3.96. The summed E-state index contributed by atoms with van der Waals surface area (Å²) in [5.41, 5.74) is 1.79. The van der Waals surface area contributed by atoms with Crippen LogP contribution in [0.1, 0.15) is 5.56 Å². The molecule has 1 saturated heterocycles. The number of imidazole rings is 1. The molecule has 0 aliphatic carbocycles. The van der Waals surface area contributed by atoms with Crippen molar-refractivity contribution in [3.63, 3.8) is 0 Å². The Kier molecular flexibility index (Phi) is 5.36. The van der Waals surface area contributed by atoms with Crippen LogP contribution >= 0.6 is 0 Å². The fraction of sp³-hybridized carbons (Fsp3) is 0.227. The van der Waals surface area contributed by atoms with E-state index < -0.39 is 11.6 Å². The predicted molar refractivity (Wildman–Crippen MR) is 113 cm³/mol. The first-order chi connectivity index (χ1) is 15.6. The number of hydrogen-bond acceptors (Lipinski definition) is 6. The van der Waals surface area contributed by atoms with Crippen molar-refractivity contribution in [2.45, 2.75) is 6.54 Å². The smallest absolute Gasteiger partial charge is 0.229 e. The fourth-order valence-electron chi connectivity index (χ4n) is 3.58. The van der Waals surface area contributed by atoms with Gasteiger partial charge in [-0.15, -0.1) is 0 Å². The second-order valence-electron chi connectivity index (χ2n) is 7.33. The van der Waals surface area contributed by atoms with Crippen LogP contribution in [0.3, 0.4) is 0 Å². The Morgan fingerprint density at radius 3 is 2.56 bits per heavy atom. The van der Waals surface area contributed by atoms with Gasteiger partial charge in [-0.3, -0.25) is 4.57 Å². The van der Waals surface area contributed by atoms with E-state index in [1.165, 1.54) is 24.3 Å². The molecule has 5 rings (SSSR count). The van der Waals surface area contributed by atoms with Gasteiger partial charge in [0.15, 0.2) is 17.0 Å². The van der Waals surface area contributed by atoms with Crippen molar-refractivity contribution in [2.24, 2.45) is 0 Å². The van der Waals surface area contributed by atoms with Crippen molar-refractivity contribution in [3.8, 4) is 5.69 Å². The summed E-state index contributed by atoms with van der Waals surface area (Å²) in [7, 11) is 0. The van der Waals surface area contributed by atoms with E-state index in [4.69, 9.17) is 4.74 Å². The highest BCUT2D eigenvalue weighted by Gasteiger charge is 2.20. The minimum absolute atomic E-state index is 0.0770. The van der Waals surface area contributed by atoms with E-state index in [1.807, 2.05) is 4.90 Å². The maximum absolute atomic E-state index is 14.1. The average Bonchev–Trinajstić information content (AvgIpc) is 3.23. The molecule has 164 valence electrons. The van der Waals surface area contributed by atoms with Gasteiger partial charge in [0.25, 0.3) is 0 Å². The Morgan fingerprint density at radius 1 is 0.969 bits per heavy atom. The van der Waals surface area contributed by atoms with E-state index in [0.717, 1.165) is 6.07 Å². The fourth-order valence-corrected chi connectivity index (χ4v) is 3.58. The van der Waals surface area contributed by atoms with Crippen LogP contribution in [0.4, 0.5) is 24.9 Å². The van der Waals surface area contributed by atoms with Crippen molar-refractivity contribution >= 4 is 22.9 Å². The van der Waals surface area contributed by atoms with Gasteiger partial charge < -0.3 is 15.0 Å². The standard InChI is InChI=1S/C22H19F3N6O/c23-15-2-1-3-17(10-15)31-13-27-19-20(26-12-14-4-5-16(24)11-18(14)25)28-22(29-21(19)31)30-6-8-32-9-7-30/h1-5,10-11,13H,6-9,12H2,(H,26,28,29). The second-order valence-corrected chi connectivity index (χ2v) is 7.33. The zero-order valence-electron chi connectivity index (χ0n) is 16.9. The number of ether oxygens (including phenoxy) is 1. The van der Waals surface area contributed by atoms with Gasteiger partial charge in [-0.2, -0.15) is 9.97 Å².